The van der Waals surface area contributed by atoms with Crippen molar-refractivity contribution in [3.05, 3.63) is 34.9 Å². The van der Waals surface area contributed by atoms with Gasteiger partial charge in [-0.1, -0.05) is 23.7 Å². The molecule has 0 spiro atoms. The molecule has 0 unspecified atom stereocenters. The fraction of sp³-hybridized carbons (Fsp3) is 0.500. The van der Waals surface area contributed by atoms with E-state index in [-0.39, 0.29) is 6.61 Å². The Bertz CT molecular complexity index is 291. The third kappa shape index (κ3) is 5.17. The number of aliphatic hydroxyl groups is 1. The standard InChI is InChI=1S/C12H18ClNO/c1-14(7-2-3-8-15)10-11-5-4-6-12(13)9-11/h4-6,9,15H,2-3,7-8,10H2,1H3. The van der Waals surface area contributed by atoms with Crippen molar-refractivity contribution in [1.29, 1.82) is 0 Å². The van der Waals surface area contributed by atoms with E-state index in [9.17, 15) is 0 Å². The van der Waals surface area contributed by atoms with E-state index >= 15 is 0 Å². The fourth-order valence-electron chi connectivity index (χ4n) is 1.52. The molecular weight excluding hydrogens is 210 g/mol. The first-order valence-electron chi connectivity index (χ1n) is 5.26. The summed E-state index contributed by atoms with van der Waals surface area (Å²) in [6.45, 7) is 2.20. The first-order valence-corrected chi connectivity index (χ1v) is 5.64. The van der Waals surface area contributed by atoms with E-state index in [1.807, 2.05) is 18.2 Å². The molecule has 0 bridgehead atoms. The summed E-state index contributed by atoms with van der Waals surface area (Å²) in [5.41, 5.74) is 1.23. The van der Waals surface area contributed by atoms with Crippen molar-refractivity contribution in [1.82, 2.24) is 4.90 Å². The van der Waals surface area contributed by atoms with Crippen LogP contribution >= 0.6 is 11.6 Å². The van der Waals surface area contributed by atoms with Gasteiger partial charge >= 0.3 is 0 Å². The maximum Gasteiger partial charge on any atom is 0.0431 e. The lowest BCUT2D eigenvalue weighted by atomic mass is 10.2. The van der Waals surface area contributed by atoms with Crippen LogP contribution in [-0.4, -0.2) is 30.2 Å². The van der Waals surface area contributed by atoms with Crippen molar-refractivity contribution in [3.63, 3.8) is 0 Å². The Morgan fingerprint density at radius 1 is 1.33 bits per heavy atom. The number of aliphatic hydroxyl groups excluding tert-OH is 1. The Morgan fingerprint density at radius 2 is 2.13 bits per heavy atom. The summed E-state index contributed by atoms with van der Waals surface area (Å²) in [7, 11) is 2.08. The van der Waals surface area contributed by atoms with E-state index in [0.717, 1.165) is 31.0 Å². The van der Waals surface area contributed by atoms with E-state index < -0.39 is 0 Å². The molecule has 0 aliphatic carbocycles. The second-order valence-corrected chi connectivity index (χ2v) is 4.23. The number of hydrogen-bond donors (Lipinski definition) is 1. The molecule has 0 aliphatic rings. The van der Waals surface area contributed by atoms with E-state index in [1.165, 1.54) is 5.56 Å². The average Bonchev–Trinajstić information content (AvgIpc) is 2.18. The monoisotopic (exact) mass is 227 g/mol. The molecule has 0 aliphatic heterocycles. The number of nitrogens with zero attached hydrogens (tertiary/aromatic N) is 1. The van der Waals surface area contributed by atoms with Gasteiger partial charge in [0.1, 0.15) is 0 Å². The predicted molar refractivity (Wildman–Crippen MR) is 64.1 cm³/mol. The van der Waals surface area contributed by atoms with Crippen LogP contribution in [-0.2, 0) is 6.54 Å². The van der Waals surface area contributed by atoms with Crippen LogP contribution in [0.3, 0.4) is 0 Å². The molecule has 0 aromatic heterocycles. The van der Waals surface area contributed by atoms with Gasteiger partial charge in [0.15, 0.2) is 0 Å². The quantitative estimate of drug-likeness (QED) is 0.755. The minimum atomic E-state index is 0.283. The summed E-state index contributed by atoms with van der Waals surface area (Å²) in [6.07, 6.45) is 1.91. The average molecular weight is 228 g/mol. The molecule has 0 saturated heterocycles. The van der Waals surface area contributed by atoms with Crippen LogP contribution in [0.5, 0.6) is 0 Å². The Kier molecular flexibility index (Phi) is 5.69. The molecular formula is C12H18ClNO. The fourth-order valence-corrected chi connectivity index (χ4v) is 1.73. The molecule has 0 fully saturated rings. The van der Waals surface area contributed by atoms with Gasteiger partial charge in [0, 0.05) is 18.2 Å². The molecule has 15 heavy (non-hydrogen) atoms. The molecule has 1 aromatic carbocycles. The maximum absolute atomic E-state index is 8.67. The number of halogens is 1. The summed E-state index contributed by atoms with van der Waals surface area (Å²) < 4.78 is 0. The molecule has 1 aromatic rings. The minimum Gasteiger partial charge on any atom is -0.396 e. The van der Waals surface area contributed by atoms with Crippen molar-refractivity contribution in [2.24, 2.45) is 0 Å². The zero-order valence-corrected chi connectivity index (χ0v) is 9.87. The van der Waals surface area contributed by atoms with Gasteiger partial charge in [-0.3, -0.25) is 0 Å². The number of benzene rings is 1. The van der Waals surface area contributed by atoms with Crippen LogP contribution in [0.1, 0.15) is 18.4 Å². The molecule has 0 saturated carbocycles. The van der Waals surface area contributed by atoms with E-state index in [0.29, 0.717) is 0 Å². The summed E-state index contributed by atoms with van der Waals surface area (Å²) >= 11 is 5.90. The number of unbranched alkanes of at least 4 members (excludes halogenated alkanes) is 1. The molecule has 1 rings (SSSR count). The topological polar surface area (TPSA) is 23.5 Å². The highest BCUT2D eigenvalue weighted by Crippen LogP contribution is 2.12. The molecule has 0 heterocycles. The van der Waals surface area contributed by atoms with Gasteiger partial charge in [0.2, 0.25) is 0 Å². The van der Waals surface area contributed by atoms with Crippen molar-refractivity contribution in [2.45, 2.75) is 19.4 Å². The van der Waals surface area contributed by atoms with Crippen LogP contribution in [0.25, 0.3) is 0 Å². The van der Waals surface area contributed by atoms with E-state index in [4.69, 9.17) is 16.7 Å². The molecule has 1 N–H and O–H groups in total. The highest BCUT2D eigenvalue weighted by molar-refractivity contribution is 6.30. The van der Waals surface area contributed by atoms with Gasteiger partial charge in [-0.15, -0.1) is 0 Å². The Labute approximate surface area is 96.5 Å². The minimum absolute atomic E-state index is 0.283. The van der Waals surface area contributed by atoms with Gasteiger partial charge in [-0.2, -0.15) is 0 Å². The largest absolute Gasteiger partial charge is 0.396 e. The van der Waals surface area contributed by atoms with Gasteiger partial charge in [-0.25, -0.2) is 0 Å². The highest BCUT2D eigenvalue weighted by Gasteiger charge is 2.00. The Morgan fingerprint density at radius 3 is 2.80 bits per heavy atom. The predicted octanol–water partition coefficient (Wildman–Crippen LogP) is 2.54. The third-order valence-corrected chi connectivity index (χ3v) is 2.52. The van der Waals surface area contributed by atoms with Crippen molar-refractivity contribution in [2.75, 3.05) is 20.2 Å². The molecule has 2 nitrogen and oxygen atoms in total. The lowest BCUT2D eigenvalue weighted by Gasteiger charge is -2.16. The molecule has 0 amide bonds. The van der Waals surface area contributed by atoms with E-state index in [1.54, 1.807) is 0 Å². The molecule has 0 radical (unpaired) electrons. The van der Waals surface area contributed by atoms with E-state index in [2.05, 4.69) is 18.0 Å². The normalized spacial score (nSPS) is 10.9. The molecule has 0 atom stereocenters. The second kappa shape index (κ2) is 6.83. The molecule has 84 valence electrons. The van der Waals surface area contributed by atoms with Crippen molar-refractivity contribution in [3.8, 4) is 0 Å². The zero-order chi connectivity index (χ0) is 11.1. The molecule has 3 heteroatoms. The summed E-state index contributed by atoms with van der Waals surface area (Å²) in [5.74, 6) is 0. The second-order valence-electron chi connectivity index (χ2n) is 3.80. The summed E-state index contributed by atoms with van der Waals surface area (Å²) in [4.78, 5) is 2.24. The van der Waals surface area contributed by atoms with Crippen LogP contribution in [0.4, 0.5) is 0 Å². The van der Waals surface area contributed by atoms with Gasteiger partial charge in [-0.05, 0) is 44.1 Å². The number of rotatable bonds is 6. The zero-order valence-electron chi connectivity index (χ0n) is 9.12. The first kappa shape index (κ1) is 12.5. The smallest absolute Gasteiger partial charge is 0.0431 e. The van der Waals surface area contributed by atoms with Crippen LogP contribution in [0, 0.1) is 0 Å². The van der Waals surface area contributed by atoms with Gasteiger partial charge < -0.3 is 10.0 Å². The Balaban J connectivity index is 2.34. The maximum atomic E-state index is 8.67. The highest BCUT2D eigenvalue weighted by atomic mass is 35.5. The third-order valence-electron chi connectivity index (χ3n) is 2.29. The Hall–Kier alpha value is -0.570. The van der Waals surface area contributed by atoms with Gasteiger partial charge in [0.25, 0.3) is 0 Å². The first-order chi connectivity index (χ1) is 7.22. The van der Waals surface area contributed by atoms with Crippen LogP contribution in [0.15, 0.2) is 24.3 Å². The van der Waals surface area contributed by atoms with Crippen molar-refractivity contribution >= 4 is 11.6 Å². The van der Waals surface area contributed by atoms with Gasteiger partial charge in [0.05, 0.1) is 0 Å². The summed E-state index contributed by atoms with van der Waals surface area (Å²) in [5, 5.41) is 9.46. The lowest BCUT2D eigenvalue weighted by molar-refractivity contribution is 0.261. The van der Waals surface area contributed by atoms with Crippen LogP contribution in [0.2, 0.25) is 5.02 Å². The SMILES string of the molecule is CN(CCCCO)Cc1cccc(Cl)c1. The van der Waals surface area contributed by atoms with Crippen LogP contribution < -0.4 is 0 Å². The lowest BCUT2D eigenvalue weighted by Crippen LogP contribution is -2.19. The summed E-state index contributed by atoms with van der Waals surface area (Å²) in [6, 6.07) is 7.93. The number of hydrogen-bond acceptors (Lipinski definition) is 2. The van der Waals surface area contributed by atoms with Crippen molar-refractivity contribution < 1.29 is 5.11 Å².